The van der Waals surface area contributed by atoms with Crippen molar-refractivity contribution < 1.29 is 9.59 Å². The van der Waals surface area contributed by atoms with E-state index in [1.54, 1.807) is 0 Å². The fourth-order valence-corrected chi connectivity index (χ4v) is 3.10. The molecule has 150 valence electrons. The van der Waals surface area contributed by atoms with Crippen LogP contribution in [-0.2, 0) is 4.79 Å². The normalized spacial score (nSPS) is 10.4. The summed E-state index contributed by atoms with van der Waals surface area (Å²) in [7, 11) is 0. The molecule has 0 radical (unpaired) electrons. The first-order chi connectivity index (χ1) is 13.5. The minimum atomic E-state index is -0.250. The van der Waals surface area contributed by atoms with Gasteiger partial charge in [-0.25, -0.2) is 0 Å². The fraction of sp³-hybridized carbons (Fsp3) is 0.391. The van der Waals surface area contributed by atoms with Crippen LogP contribution in [0.3, 0.4) is 0 Å². The summed E-state index contributed by atoms with van der Waals surface area (Å²) in [5.74, 6) is -0.487. The van der Waals surface area contributed by atoms with Gasteiger partial charge in [-0.2, -0.15) is 0 Å². The first kappa shape index (κ1) is 21.5. The molecule has 0 heterocycles. The van der Waals surface area contributed by atoms with E-state index >= 15 is 0 Å². The van der Waals surface area contributed by atoms with E-state index in [4.69, 9.17) is 0 Å². The molecule has 0 fully saturated rings. The Morgan fingerprint density at radius 1 is 0.964 bits per heavy atom. The maximum absolute atomic E-state index is 12.4. The average molecular weight is 382 g/mol. The van der Waals surface area contributed by atoms with Gasteiger partial charge in [-0.15, -0.1) is 0 Å². The minimum Gasteiger partial charge on any atom is -0.372 e. The van der Waals surface area contributed by atoms with Crippen LogP contribution >= 0.6 is 0 Å². The lowest BCUT2D eigenvalue weighted by molar-refractivity contribution is -0.115. The molecule has 0 saturated heterocycles. The molecule has 2 amide bonds. The number of benzene rings is 2. The number of rotatable bonds is 9. The van der Waals surface area contributed by atoms with Crippen molar-refractivity contribution in [1.82, 2.24) is 5.32 Å². The smallest absolute Gasteiger partial charge is 0.251 e. The van der Waals surface area contributed by atoms with Crippen molar-refractivity contribution in [3.05, 3.63) is 59.2 Å². The second-order valence-electron chi connectivity index (χ2n) is 6.98. The predicted octanol–water partition coefficient (Wildman–Crippen LogP) is 4.30. The molecule has 2 aromatic carbocycles. The van der Waals surface area contributed by atoms with E-state index < -0.39 is 0 Å². The topological polar surface area (TPSA) is 61.4 Å². The minimum absolute atomic E-state index is 0.0635. The Bertz CT molecular complexity index is 780. The average Bonchev–Trinajstić information content (AvgIpc) is 2.70. The van der Waals surface area contributed by atoms with Crippen LogP contribution < -0.4 is 15.5 Å². The molecule has 0 aliphatic heterocycles. The highest BCUT2D eigenvalue weighted by molar-refractivity contribution is 6.00. The Labute approximate surface area is 168 Å². The van der Waals surface area contributed by atoms with Crippen molar-refractivity contribution in [2.45, 2.75) is 40.5 Å². The summed E-state index contributed by atoms with van der Waals surface area (Å²) in [6.45, 7) is 10.1. The van der Waals surface area contributed by atoms with Crippen LogP contribution in [-0.4, -0.2) is 31.4 Å². The summed E-state index contributed by atoms with van der Waals surface area (Å²) in [6, 6.07) is 13.4. The van der Waals surface area contributed by atoms with Crippen molar-refractivity contribution in [2.24, 2.45) is 0 Å². The predicted molar refractivity (Wildman–Crippen MR) is 116 cm³/mol. The Hall–Kier alpha value is -2.82. The van der Waals surface area contributed by atoms with E-state index in [1.807, 2.05) is 56.3 Å². The van der Waals surface area contributed by atoms with Crippen LogP contribution in [0.4, 0.5) is 11.4 Å². The zero-order valence-corrected chi connectivity index (χ0v) is 17.3. The van der Waals surface area contributed by atoms with Crippen LogP contribution in [0.1, 0.15) is 48.2 Å². The van der Waals surface area contributed by atoms with Gasteiger partial charge in [0.05, 0.1) is 6.54 Å². The number of unbranched alkanes of at least 4 members (excludes halogenated alkanes) is 1. The SMILES string of the molecule is CCCCN(CC)c1ccc(C(=O)NCC(=O)Nc2c(C)cccc2C)cc1. The third kappa shape index (κ3) is 5.84. The van der Waals surface area contributed by atoms with Crippen LogP contribution in [0, 0.1) is 13.8 Å². The van der Waals surface area contributed by atoms with Gasteiger partial charge in [-0.1, -0.05) is 31.5 Å². The van der Waals surface area contributed by atoms with Crippen molar-refractivity contribution in [2.75, 3.05) is 29.9 Å². The summed E-state index contributed by atoms with van der Waals surface area (Å²) in [4.78, 5) is 26.9. The number of nitrogens with one attached hydrogen (secondary N) is 2. The van der Waals surface area contributed by atoms with E-state index in [2.05, 4.69) is 29.4 Å². The lowest BCUT2D eigenvalue weighted by Gasteiger charge is -2.23. The van der Waals surface area contributed by atoms with Crippen molar-refractivity contribution in [3.63, 3.8) is 0 Å². The van der Waals surface area contributed by atoms with Crippen molar-refractivity contribution >= 4 is 23.2 Å². The number of hydrogen-bond acceptors (Lipinski definition) is 3. The summed E-state index contributed by atoms with van der Waals surface area (Å²) in [6.07, 6.45) is 2.30. The summed E-state index contributed by atoms with van der Waals surface area (Å²) >= 11 is 0. The Balaban J connectivity index is 1.91. The summed E-state index contributed by atoms with van der Waals surface area (Å²) < 4.78 is 0. The Kier molecular flexibility index (Phi) is 8.05. The van der Waals surface area contributed by atoms with Crippen molar-refractivity contribution in [3.8, 4) is 0 Å². The first-order valence-corrected chi connectivity index (χ1v) is 9.95. The monoisotopic (exact) mass is 381 g/mol. The molecule has 0 atom stereocenters. The van der Waals surface area contributed by atoms with Gasteiger partial charge in [-0.05, 0) is 62.6 Å². The van der Waals surface area contributed by atoms with Gasteiger partial charge in [0.25, 0.3) is 5.91 Å². The van der Waals surface area contributed by atoms with Crippen molar-refractivity contribution in [1.29, 1.82) is 0 Å². The third-order valence-corrected chi connectivity index (χ3v) is 4.81. The van der Waals surface area contributed by atoms with Gasteiger partial charge in [-0.3, -0.25) is 9.59 Å². The number of amides is 2. The molecule has 2 N–H and O–H groups in total. The highest BCUT2D eigenvalue weighted by atomic mass is 16.2. The lowest BCUT2D eigenvalue weighted by atomic mass is 10.1. The molecular weight excluding hydrogens is 350 g/mol. The number of carbonyl (C=O) groups excluding carboxylic acids is 2. The largest absolute Gasteiger partial charge is 0.372 e. The van der Waals surface area contributed by atoms with E-state index in [9.17, 15) is 9.59 Å². The number of carbonyl (C=O) groups is 2. The summed E-state index contributed by atoms with van der Waals surface area (Å²) in [5.41, 5.74) is 4.46. The van der Waals surface area contributed by atoms with Gasteiger partial charge >= 0.3 is 0 Å². The van der Waals surface area contributed by atoms with Gasteiger partial charge in [0.2, 0.25) is 5.91 Å². The molecule has 28 heavy (non-hydrogen) atoms. The van der Waals surface area contributed by atoms with Gasteiger partial charge in [0.1, 0.15) is 0 Å². The molecule has 0 aliphatic carbocycles. The Morgan fingerprint density at radius 2 is 1.61 bits per heavy atom. The van der Waals surface area contributed by atoms with Gasteiger partial charge < -0.3 is 15.5 Å². The zero-order valence-electron chi connectivity index (χ0n) is 17.3. The molecule has 0 aromatic heterocycles. The standard InChI is InChI=1S/C23H31N3O2/c1-5-7-15-26(6-2)20-13-11-19(12-14-20)23(28)24-16-21(27)25-22-17(3)9-8-10-18(22)4/h8-14H,5-7,15-16H2,1-4H3,(H,24,28)(H,25,27). The maximum Gasteiger partial charge on any atom is 0.251 e. The number of anilines is 2. The van der Waals surface area contributed by atoms with Crippen LogP contribution in [0.25, 0.3) is 0 Å². The maximum atomic E-state index is 12.4. The molecule has 2 rings (SSSR count). The number of aryl methyl sites for hydroxylation is 2. The molecule has 2 aromatic rings. The van der Waals surface area contributed by atoms with E-state index in [-0.39, 0.29) is 18.4 Å². The molecule has 0 spiro atoms. The quantitative estimate of drug-likeness (QED) is 0.681. The van der Waals surface area contributed by atoms with Gasteiger partial charge in [0.15, 0.2) is 0 Å². The molecule has 0 bridgehead atoms. The molecule has 0 unspecified atom stereocenters. The third-order valence-electron chi connectivity index (χ3n) is 4.81. The van der Waals surface area contributed by atoms with E-state index in [1.165, 1.54) is 0 Å². The molecular formula is C23H31N3O2. The van der Waals surface area contributed by atoms with E-state index in [0.29, 0.717) is 5.56 Å². The van der Waals surface area contributed by atoms with Gasteiger partial charge in [0, 0.05) is 30.0 Å². The first-order valence-electron chi connectivity index (χ1n) is 9.95. The second kappa shape index (κ2) is 10.5. The van der Waals surface area contributed by atoms with Crippen LogP contribution in [0.5, 0.6) is 0 Å². The van der Waals surface area contributed by atoms with Crippen LogP contribution in [0.2, 0.25) is 0 Å². The molecule has 5 nitrogen and oxygen atoms in total. The Morgan fingerprint density at radius 3 is 2.18 bits per heavy atom. The van der Waals surface area contributed by atoms with Crippen LogP contribution in [0.15, 0.2) is 42.5 Å². The lowest BCUT2D eigenvalue weighted by Crippen LogP contribution is -2.33. The zero-order chi connectivity index (χ0) is 20.5. The number of para-hydroxylation sites is 1. The molecule has 0 saturated carbocycles. The highest BCUT2D eigenvalue weighted by Crippen LogP contribution is 2.19. The molecule has 0 aliphatic rings. The highest BCUT2D eigenvalue weighted by Gasteiger charge is 2.11. The summed E-state index contributed by atoms with van der Waals surface area (Å²) in [5, 5.41) is 5.57. The number of nitrogens with zero attached hydrogens (tertiary/aromatic N) is 1. The molecule has 5 heteroatoms. The van der Waals surface area contributed by atoms with E-state index in [0.717, 1.165) is 48.4 Å². The second-order valence-corrected chi connectivity index (χ2v) is 6.98. The number of hydrogen-bond donors (Lipinski definition) is 2. The fourth-order valence-electron chi connectivity index (χ4n) is 3.10.